The van der Waals surface area contributed by atoms with E-state index in [4.69, 9.17) is 0 Å². The van der Waals surface area contributed by atoms with Crippen LogP contribution in [0.1, 0.15) is 263 Å². The summed E-state index contributed by atoms with van der Waals surface area (Å²) in [4.78, 5) is 46.5. The lowest BCUT2D eigenvalue weighted by Crippen LogP contribution is -2.32. The number of benzene rings is 4. The van der Waals surface area contributed by atoms with E-state index in [0.29, 0.717) is 16.7 Å². The summed E-state index contributed by atoms with van der Waals surface area (Å²) in [6.07, 6.45) is 36.5. The number of anilines is 2. The molecule has 4 aliphatic heterocycles. The molecule has 10 heteroatoms. The maximum atomic E-state index is 15.0. The molecule has 4 aromatic carbocycles. The van der Waals surface area contributed by atoms with Crippen molar-refractivity contribution in [1.29, 1.82) is 0 Å². The van der Waals surface area contributed by atoms with Crippen LogP contribution in [0.3, 0.4) is 0 Å². The van der Waals surface area contributed by atoms with Gasteiger partial charge in [0.1, 0.15) is 25.1 Å². The van der Waals surface area contributed by atoms with Gasteiger partial charge in [0.25, 0.3) is 0 Å². The van der Waals surface area contributed by atoms with Crippen LogP contribution >= 0.6 is 0 Å². The highest BCUT2D eigenvalue weighted by Gasteiger charge is 2.51. The van der Waals surface area contributed by atoms with E-state index < -0.39 is 27.6 Å². The third-order valence-electron chi connectivity index (χ3n) is 21.8. The lowest BCUT2D eigenvalue weighted by atomic mass is 9.76. The van der Waals surface area contributed by atoms with E-state index >= 15 is 4.79 Å². The van der Waals surface area contributed by atoms with Gasteiger partial charge >= 0.3 is 5.97 Å². The Kier molecular flexibility index (Phi) is 20.8. The van der Waals surface area contributed by atoms with E-state index in [9.17, 15) is 24.9 Å². The van der Waals surface area contributed by atoms with Gasteiger partial charge < -0.3 is 25.1 Å². The average Bonchev–Trinajstić information content (AvgIpc) is 1.53. The maximum Gasteiger partial charge on any atom is 0.335 e. The molecule has 92 heavy (non-hydrogen) atoms. The second-order valence-corrected chi connectivity index (χ2v) is 29.7. The molecule has 2 aliphatic carbocycles. The summed E-state index contributed by atoms with van der Waals surface area (Å²) in [5.41, 5.74) is 11.9. The zero-order valence-electron chi connectivity index (χ0n) is 58.1. The zero-order chi connectivity index (χ0) is 65.9. The molecule has 0 amide bonds. The predicted octanol–water partition coefficient (Wildman–Crippen LogP) is 20.3. The number of hydrogen-bond acceptors (Lipinski definition) is 7. The normalized spacial score (nSPS) is 20.0. The van der Waals surface area contributed by atoms with Crippen LogP contribution in [-0.4, -0.2) is 80.1 Å². The molecule has 0 saturated carbocycles. The standard InChI is InChI=1S/C82H106N4O6/c1-13-16-19-22-25-28-31-36-45-84-66-44-41-55-39-34-35-40-57(55)73(66)82(10,11)72(84)52-61-76(89)60(77(61)90)51-71-81(8,9)64-54-67-63(53-68(64)86(71)47-38-33-30-27-24-21-18-15-3)80(6,7)70(85(67)46-37-32-29-26-23-20-17-14-2)50-59-74(87)58(75(59)88)49-69-79(4,5)62-48-56(78(91)92)42-43-65(62)83(69)12/h34-35,39-44,48-54H,13-33,36-38,45-47H2,1-12H3,(H-2,87,88,89,90,91,92)/p+2. The molecule has 0 atom stereocenters. The van der Waals surface area contributed by atoms with Crippen molar-refractivity contribution in [3.63, 3.8) is 0 Å². The lowest BCUT2D eigenvalue weighted by Gasteiger charge is -2.30. The summed E-state index contributed by atoms with van der Waals surface area (Å²) < 4.78 is 4.44. The molecule has 0 aromatic heterocycles. The van der Waals surface area contributed by atoms with Crippen molar-refractivity contribution in [3.05, 3.63) is 164 Å². The topological polar surface area (TPSA) is 124 Å². The number of nitrogens with zero attached hydrogens (tertiary/aromatic N) is 4. The van der Waals surface area contributed by atoms with E-state index in [1.165, 1.54) is 131 Å². The summed E-state index contributed by atoms with van der Waals surface area (Å²) in [5, 5.41) is 36.7. The molecule has 0 saturated heterocycles. The van der Waals surface area contributed by atoms with Gasteiger partial charge in [0, 0.05) is 88.5 Å². The summed E-state index contributed by atoms with van der Waals surface area (Å²) >= 11 is 0. The van der Waals surface area contributed by atoms with Crippen molar-refractivity contribution in [3.8, 4) is 0 Å². The highest BCUT2D eigenvalue weighted by Crippen LogP contribution is 2.57. The Bertz CT molecular complexity index is 3790. The fourth-order valence-corrected chi connectivity index (χ4v) is 16.1. The Morgan fingerprint density at radius 3 is 1.38 bits per heavy atom. The summed E-state index contributed by atoms with van der Waals surface area (Å²) in [6, 6.07) is 23.0. The number of hydrogen-bond donors (Lipinski definition) is 3. The lowest BCUT2D eigenvalue weighted by molar-refractivity contribution is -0.438. The van der Waals surface area contributed by atoms with Gasteiger partial charge in [0.2, 0.25) is 22.9 Å². The van der Waals surface area contributed by atoms with Gasteiger partial charge in [-0.1, -0.05) is 201 Å². The van der Waals surface area contributed by atoms with Crippen molar-refractivity contribution in [2.45, 2.75) is 252 Å². The van der Waals surface area contributed by atoms with Crippen LogP contribution in [0, 0.1) is 0 Å². The molecule has 10 rings (SSSR count). The minimum absolute atomic E-state index is 0.0309. The minimum Gasteiger partial charge on any atom is -0.506 e. The molecule has 4 heterocycles. The molecule has 10 nitrogen and oxygen atoms in total. The maximum absolute atomic E-state index is 15.0. The second-order valence-electron chi connectivity index (χ2n) is 29.7. The first-order valence-corrected chi connectivity index (χ1v) is 35.8. The first-order valence-electron chi connectivity index (χ1n) is 35.8. The number of allylic oxidation sites excluding steroid dienone is 10. The number of unbranched alkanes of at least 4 members (excludes halogenated alkanes) is 21. The van der Waals surface area contributed by atoms with E-state index in [-0.39, 0.29) is 34.2 Å². The monoisotopic (exact) mass is 1240 g/mol. The van der Waals surface area contributed by atoms with Gasteiger partial charge in [-0.15, -0.1) is 0 Å². The number of carboxylic acids is 1. The van der Waals surface area contributed by atoms with Gasteiger partial charge in [-0.2, -0.15) is 9.15 Å². The van der Waals surface area contributed by atoms with Gasteiger partial charge in [-0.05, 0) is 111 Å². The summed E-state index contributed by atoms with van der Waals surface area (Å²) in [7, 11) is 1.92. The smallest absolute Gasteiger partial charge is 0.335 e. The van der Waals surface area contributed by atoms with Gasteiger partial charge in [0.15, 0.2) is 11.4 Å². The van der Waals surface area contributed by atoms with Crippen molar-refractivity contribution in [1.82, 2.24) is 0 Å². The molecule has 0 unspecified atom stereocenters. The third-order valence-corrected chi connectivity index (χ3v) is 21.8. The number of carboxylic acid groups (broad SMARTS) is 1. The van der Waals surface area contributed by atoms with Crippen LogP contribution in [-0.2, 0) is 31.2 Å². The van der Waals surface area contributed by atoms with E-state index in [1.807, 2.05) is 49.8 Å². The Hall–Kier alpha value is -7.07. The van der Waals surface area contributed by atoms with Crippen LogP contribution in [0.5, 0.6) is 0 Å². The third kappa shape index (κ3) is 12.9. The van der Waals surface area contributed by atoms with Crippen molar-refractivity contribution in [2.75, 3.05) is 36.5 Å². The van der Waals surface area contributed by atoms with Crippen molar-refractivity contribution >= 4 is 62.5 Å². The Morgan fingerprint density at radius 2 is 0.913 bits per heavy atom. The highest BCUT2D eigenvalue weighted by atomic mass is 16.4. The first kappa shape index (κ1) is 67.8. The van der Waals surface area contributed by atoms with E-state index in [0.717, 1.165) is 121 Å². The van der Waals surface area contributed by atoms with Crippen LogP contribution in [0.2, 0.25) is 0 Å². The number of fused-ring (bicyclic) bond motifs is 6. The number of rotatable bonds is 32. The highest BCUT2D eigenvalue weighted by molar-refractivity contribution is 6.25. The van der Waals surface area contributed by atoms with Crippen LogP contribution in [0.15, 0.2) is 136 Å². The average molecular weight is 1250 g/mol. The predicted molar refractivity (Wildman–Crippen MR) is 381 cm³/mol. The fourth-order valence-electron chi connectivity index (χ4n) is 16.1. The van der Waals surface area contributed by atoms with Gasteiger partial charge in [-0.25, -0.2) is 4.79 Å². The molecular weight excluding hydrogens is 1140 g/mol. The Morgan fingerprint density at radius 1 is 0.478 bits per heavy atom. The largest absolute Gasteiger partial charge is 0.506 e. The van der Waals surface area contributed by atoms with Crippen LogP contribution < -0.4 is 9.80 Å². The Balaban J connectivity index is 1.01. The fraction of sp³-hybridized carbons (Fsp3) is 0.524. The van der Waals surface area contributed by atoms with Crippen molar-refractivity contribution < 1.29 is 38.9 Å². The molecule has 6 aliphatic rings. The molecule has 0 spiro atoms. The molecule has 0 bridgehead atoms. The molecule has 490 valence electrons. The second kappa shape index (κ2) is 28.3. The molecule has 0 fully saturated rings. The van der Waals surface area contributed by atoms with Gasteiger partial charge in [0.05, 0.1) is 38.7 Å². The summed E-state index contributed by atoms with van der Waals surface area (Å²) in [5.74, 6) is -1.31. The van der Waals surface area contributed by atoms with E-state index in [2.05, 4.69) is 125 Å². The number of aliphatic hydroxyl groups is 2. The van der Waals surface area contributed by atoms with E-state index in [1.54, 1.807) is 18.2 Å². The zero-order valence-corrected chi connectivity index (χ0v) is 58.1. The number of Topliss-reactive ketones (excluding diaryl/α,β-unsaturated/α-hetero) is 2. The number of aromatic carboxylic acids is 1. The molecule has 4 aromatic rings. The summed E-state index contributed by atoms with van der Waals surface area (Å²) in [6.45, 7) is 26.8. The number of ketones is 2. The number of carbonyl (C=O) groups excluding carboxylic acids is 2. The molecule has 3 N–H and O–H groups in total. The Labute approximate surface area is 551 Å². The minimum atomic E-state index is -0.993. The molecule has 0 radical (unpaired) electrons. The molecular formula is C82H108N4O6+2. The SMILES string of the molecule is CCCCCCCCCCN1C(=CC2=C(O)C(=CC3=[N+](C)c4ccc(C(=O)O)cc4C3(C)C)C2=O)C(C)(C)c2cc3c(cc21)C(C)(C)C(=CC1=C(O)C(=CC2=[N+](CCCCCCCCCC)c4ccc5ccccc5c4C2(C)C)C1=O)N3CCCCCCCCCC. The quantitative estimate of drug-likeness (QED) is 0.0251. The van der Waals surface area contributed by atoms with Crippen molar-refractivity contribution in [2.24, 2.45) is 0 Å². The van der Waals surface area contributed by atoms with Crippen LogP contribution in [0.4, 0.5) is 22.7 Å². The number of aliphatic hydroxyl groups excluding tert-OH is 2. The number of carbonyl (C=O) groups is 3. The van der Waals surface area contributed by atoms with Crippen LogP contribution in [0.25, 0.3) is 10.8 Å². The first-order chi connectivity index (χ1) is 44.0. The van der Waals surface area contributed by atoms with Gasteiger partial charge in [-0.3, -0.25) is 9.59 Å².